The maximum Gasteiger partial charge on any atom is 0.416 e. The van der Waals surface area contributed by atoms with Crippen LogP contribution in [0.25, 0.3) is 0 Å². The molecule has 0 bridgehead atoms. The minimum absolute atomic E-state index is 0.190. The lowest BCUT2D eigenvalue weighted by molar-refractivity contribution is -0.137. The Morgan fingerprint density at radius 3 is 2.53 bits per heavy atom. The molecule has 0 aromatic heterocycles. The predicted molar refractivity (Wildman–Crippen MR) is 68.6 cm³/mol. The summed E-state index contributed by atoms with van der Waals surface area (Å²) in [5.41, 5.74) is -0.0390. The Morgan fingerprint density at radius 1 is 1.26 bits per heavy atom. The van der Waals surface area contributed by atoms with Gasteiger partial charge in [0.15, 0.2) is 0 Å². The average molecular weight is 275 g/mol. The van der Waals surface area contributed by atoms with Crippen molar-refractivity contribution >= 4 is 0 Å². The van der Waals surface area contributed by atoms with E-state index in [4.69, 9.17) is 0 Å². The summed E-state index contributed by atoms with van der Waals surface area (Å²) in [6.07, 6.45) is -4.09. The molecule has 0 amide bonds. The maximum atomic E-state index is 12.5. The quantitative estimate of drug-likeness (QED) is 0.781. The SMILES string of the molecule is CC(C)C(O)CCNCc1cccc(C(F)(F)F)c1. The molecule has 0 saturated carbocycles. The molecule has 1 rings (SSSR count). The van der Waals surface area contributed by atoms with E-state index in [0.29, 0.717) is 25.1 Å². The van der Waals surface area contributed by atoms with Gasteiger partial charge in [0.1, 0.15) is 0 Å². The van der Waals surface area contributed by atoms with Crippen LogP contribution in [0.2, 0.25) is 0 Å². The molecule has 1 aromatic carbocycles. The third kappa shape index (κ3) is 5.61. The smallest absolute Gasteiger partial charge is 0.393 e. The fourth-order valence-electron chi connectivity index (χ4n) is 1.67. The highest BCUT2D eigenvalue weighted by Crippen LogP contribution is 2.29. The van der Waals surface area contributed by atoms with Crippen molar-refractivity contribution in [2.75, 3.05) is 6.54 Å². The van der Waals surface area contributed by atoms with Crippen LogP contribution < -0.4 is 5.32 Å². The van der Waals surface area contributed by atoms with Crippen molar-refractivity contribution in [2.24, 2.45) is 5.92 Å². The summed E-state index contributed by atoms with van der Waals surface area (Å²) in [7, 11) is 0. The van der Waals surface area contributed by atoms with Gasteiger partial charge in [-0.2, -0.15) is 13.2 Å². The average Bonchev–Trinajstić information content (AvgIpc) is 2.33. The number of benzene rings is 1. The summed E-state index contributed by atoms with van der Waals surface area (Å²) in [5, 5.41) is 12.6. The summed E-state index contributed by atoms with van der Waals surface area (Å²) in [6.45, 7) is 4.80. The first-order valence-corrected chi connectivity index (χ1v) is 6.35. The molecule has 0 spiro atoms. The molecule has 0 saturated heterocycles. The number of aliphatic hydroxyl groups excluding tert-OH is 1. The number of aliphatic hydroxyl groups is 1. The topological polar surface area (TPSA) is 32.3 Å². The number of hydrogen-bond donors (Lipinski definition) is 2. The third-order valence-electron chi connectivity index (χ3n) is 2.97. The number of halogens is 3. The van der Waals surface area contributed by atoms with Crippen LogP contribution in [0.3, 0.4) is 0 Å². The Balaban J connectivity index is 2.42. The lowest BCUT2D eigenvalue weighted by Gasteiger charge is -2.14. The molecule has 0 aliphatic heterocycles. The van der Waals surface area contributed by atoms with Crippen molar-refractivity contribution in [3.8, 4) is 0 Å². The minimum atomic E-state index is -4.30. The van der Waals surface area contributed by atoms with Crippen molar-refractivity contribution in [1.29, 1.82) is 0 Å². The van der Waals surface area contributed by atoms with Gasteiger partial charge >= 0.3 is 6.18 Å². The molecule has 1 aromatic rings. The van der Waals surface area contributed by atoms with Gasteiger partial charge in [0.05, 0.1) is 11.7 Å². The normalized spacial score (nSPS) is 13.8. The van der Waals surface area contributed by atoms with Crippen LogP contribution in [-0.2, 0) is 12.7 Å². The van der Waals surface area contributed by atoms with Gasteiger partial charge in [-0.1, -0.05) is 32.0 Å². The van der Waals surface area contributed by atoms with Crippen LogP contribution in [0.15, 0.2) is 24.3 Å². The molecule has 5 heteroatoms. The lowest BCUT2D eigenvalue weighted by atomic mass is 10.0. The van der Waals surface area contributed by atoms with E-state index >= 15 is 0 Å². The second kappa shape index (κ2) is 6.91. The van der Waals surface area contributed by atoms with E-state index in [0.717, 1.165) is 12.1 Å². The van der Waals surface area contributed by atoms with Crippen molar-refractivity contribution < 1.29 is 18.3 Å². The molecular weight excluding hydrogens is 255 g/mol. The van der Waals surface area contributed by atoms with Crippen molar-refractivity contribution in [3.63, 3.8) is 0 Å². The molecular formula is C14H20F3NO. The van der Waals surface area contributed by atoms with Crippen LogP contribution in [0.1, 0.15) is 31.4 Å². The molecule has 2 nitrogen and oxygen atoms in total. The van der Waals surface area contributed by atoms with Gasteiger partial charge in [0.2, 0.25) is 0 Å². The van der Waals surface area contributed by atoms with Gasteiger partial charge in [-0.25, -0.2) is 0 Å². The maximum absolute atomic E-state index is 12.5. The highest BCUT2D eigenvalue weighted by Gasteiger charge is 2.30. The summed E-state index contributed by atoms with van der Waals surface area (Å²) in [6, 6.07) is 5.27. The van der Waals surface area contributed by atoms with Crippen molar-refractivity contribution in [2.45, 2.75) is 39.1 Å². The Bertz CT molecular complexity index is 391. The minimum Gasteiger partial charge on any atom is -0.393 e. The molecule has 1 atom stereocenters. The molecule has 2 N–H and O–H groups in total. The van der Waals surface area contributed by atoms with E-state index in [-0.39, 0.29) is 12.0 Å². The first-order valence-electron chi connectivity index (χ1n) is 6.35. The van der Waals surface area contributed by atoms with Gasteiger partial charge in [0, 0.05) is 6.54 Å². The van der Waals surface area contributed by atoms with Gasteiger partial charge in [0.25, 0.3) is 0 Å². The molecule has 0 heterocycles. The third-order valence-corrected chi connectivity index (χ3v) is 2.97. The zero-order valence-electron chi connectivity index (χ0n) is 11.2. The van der Waals surface area contributed by atoms with Crippen LogP contribution in [0.4, 0.5) is 13.2 Å². The van der Waals surface area contributed by atoms with Crippen LogP contribution in [-0.4, -0.2) is 17.8 Å². The van der Waals surface area contributed by atoms with Crippen LogP contribution in [0, 0.1) is 5.92 Å². The zero-order chi connectivity index (χ0) is 14.5. The molecule has 1 unspecified atom stereocenters. The summed E-state index contributed by atoms with van der Waals surface area (Å²) >= 11 is 0. The number of alkyl halides is 3. The number of nitrogens with one attached hydrogen (secondary N) is 1. The second-order valence-corrected chi connectivity index (χ2v) is 4.97. The lowest BCUT2D eigenvalue weighted by Crippen LogP contribution is -2.23. The summed E-state index contributed by atoms with van der Waals surface area (Å²) in [4.78, 5) is 0. The molecule has 19 heavy (non-hydrogen) atoms. The first-order chi connectivity index (χ1) is 8.80. The first kappa shape index (κ1) is 16.0. The van der Waals surface area contributed by atoms with Gasteiger partial charge in [-0.15, -0.1) is 0 Å². The Morgan fingerprint density at radius 2 is 1.95 bits per heavy atom. The van der Waals surface area contributed by atoms with Crippen molar-refractivity contribution in [3.05, 3.63) is 35.4 Å². The zero-order valence-corrected chi connectivity index (χ0v) is 11.2. The van der Waals surface area contributed by atoms with E-state index in [1.807, 2.05) is 13.8 Å². The van der Waals surface area contributed by atoms with E-state index in [1.54, 1.807) is 6.07 Å². The van der Waals surface area contributed by atoms with E-state index in [2.05, 4.69) is 5.32 Å². The Hall–Kier alpha value is -1.07. The molecule has 0 fully saturated rings. The molecule has 0 aliphatic rings. The predicted octanol–water partition coefficient (Wildman–Crippen LogP) is 3.20. The van der Waals surface area contributed by atoms with Gasteiger partial charge in [-0.05, 0) is 30.5 Å². The second-order valence-electron chi connectivity index (χ2n) is 4.97. The van der Waals surface area contributed by atoms with Gasteiger partial charge < -0.3 is 10.4 Å². The Labute approximate surface area is 111 Å². The highest BCUT2D eigenvalue weighted by molar-refractivity contribution is 5.25. The summed E-state index contributed by atoms with van der Waals surface area (Å²) in [5.74, 6) is 0.190. The number of hydrogen-bond acceptors (Lipinski definition) is 2. The standard InChI is InChI=1S/C14H20F3NO/c1-10(2)13(19)6-7-18-9-11-4-3-5-12(8-11)14(15,16)17/h3-5,8,10,13,18-19H,6-7,9H2,1-2H3. The highest BCUT2D eigenvalue weighted by atomic mass is 19.4. The largest absolute Gasteiger partial charge is 0.416 e. The van der Waals surface area contributed by atoms with E-state index in [9.17, 15) is 18.3 Å². The van der Waals surface area contributed by atoms with Crippen molar-refractivity contribution in [1.82, 2.24) is 5.32 Å². The Kier molecular flexibility index (Phi) is 5.82. The summed E-state index contributed by atoms with van der Waals surface area (Å²) < 4.78 is 37.5. The van der Waals surface area contributed by atoms with Crippen LogP contribution >= 0.6 is 0 Å². The van der Waals surface area contributed by atoms with E-state index in [1.165, 1.54) is 6.07 Å². The van der Waals surface area contributed by atoms with Gasteiger partial charge in [-0.3, -0.25) is 0 Å². The number of rotatable bonds is 6. The molecule has 0 aliphatic carbocycles. The monoisotopic (exact) mass is 275 g/mol. The molecule has 108 valence electrons. The fraction of sp³-hybridized carbons (Fsp3) is 0.571. The van der Waals surface area contributed by atoms with Crippen LogP contribution in [0.5, 0.6) is 0 Å². The molecule has 0 radical (unpaired) electrons. The van der Waals surface area contributed by atoms with E-state index < -0.39 is 11.7 Å². The fourth-order valence-corrected chi connectivity index (χ4v) is 1.67.